The molecule has 0 aromatic heterocycles. The molecular formula is C16H16ClNO2. The Kier molecular flexibility index (Phi) is 5.02. The highest BCUT2D eigenvalue weighted by atomic mass is 35.5. The first-order valence-corrected chi connectivity index (χ1v) is 6.82. The number of nitrogens with one attached hydrogen (secondary N) is 1. The Morgan fingerprint density at radius 3 is 2.60 bits per heavy atom. The van der Waals surface area contributed by atoms with Crippen LogP contribution in [0.15, 0.2) is 54.6 Å². The van der Waals surface area contributed by atoms with Crippen LogP contribution in [-0.4, -0.2) is 17.6 Å². The number of halogens is 1. The van der Waals surface area contributed by atoms with Crippen LogP contribution in [0, 0.1) is 0 Å². The van der Waals surface area contributed by atoms with E-state index in [1.165, 1.54) is 0 Å². The standard InChI is InChI=1S/C16H16ClNO2/c17-15(13-6-2-1-3-7-13)11-18-16(20)10-12-5-4-8-14(19)9-12/h1-9,15,19H,10-11H2,(H,18,20). The normalized spacial score (nSPS) is 11.8. The summed E-state index contributed by atoms with van der Waals surface area (Å²) in [5.74, 6) is 0.0481. The van der Waals surface area contributed by atoms with Gasteiger partial charge >= 0.3 is 0 Å². The summed E-state index contributed by atoms with van der Waals surface area (Å²) in [5.41, 5.74) is 1.75. The number of aromatic hydroxyl groups is 1. The maximum absolute atomic E-state index is 11.8. The zero-order chi connectivity index (χ0) is 14.4. The van der Waals surface area contributed by atoms with Gasteiger partial charge in [-0.25, -0.2) is 0 Å². The maximum Gasteiger partial charge on any atom is 0.224 e. The molecule has 2 aromatic carbocycles. The molecule has 0 aliphatic heterocycles. The van der Waals surface area contributed by atoms with Gasteiger partial charge in [-0.1, -0.05) is 42.5 Å². The molecule has 104 valence electrons. The quantitative estimate of drug-likeness (QED) is 0.831. The third kappa shape index (κ3) is 4.28. The minimum atomic E-state index is -0.246. The number of carbonyl (C=O) groups is 1. The molecule has 0 saturated heterocycles. The Labute approximate surface area is 123 Å². The lowest BCUT2D eigenvalue weighted by molar-refractivity contribution is -0.120. The Balaban J connectivity index is 1.83. The van der Waals surface area contributed by atoms with E-state index < -0.39 is 0 Å². The van der Waals surface area contributed by atoms with Crippen LogP contribution >= 0.6 is 11.6 Å². The van der Waals surface area contributed by atoms with Crippen molar-refractivity contribution in [2.75, 3.05) is 6.54 Å². The summed E-state index contributed by atoms with van der Waals surface area (Å²) in [6, 6.07) is 16.3. The highest BCUT2D eigenvalue weighted by molar-refractivity contribution is 6.21. The highest BCUT2D eigenvalue weighted by Crippen LogP contribution is 2.18. The number of phenols is 1. The third-order valence-corrected chi connectivity index (χ3v) is 3.32. The van der Waals surface area contributed by atoms with Gasteiger partial charge in [-0.05, 0) is 23.3 Å². The second-order valence-electron chi connectivity index (χ2n) is 4.53. The highest BCUT2D eigenvalue weighted by Gasteiger charge is 2.10. The van der Waals surface area contributed by atoms with Crippen molar-refractivity contribution >= 4 is 17.5 Å². The van der Waals surface area contributed by atoms with Crippen LogP contribution in [0.5, 0.6) is 5.75 Å². The summed E-state index contributed by atoms with van der Waals surface area (Å²) in [7, 11) is 0. The van der Waals surface area contributed by atoms with E-state index in [4.69, 9.17) is 11.6 Å². The molecule has 2 N–H and O–H groups in total. The van der Waals surface area contributed by atoms with Gasteiger partial charge in [0.15, 0.2) is 0 Å². The van der Waals surface area contributed by atoms with E-state index >= 15 is 0 Å². The third-order valence-electron chi connectivity index (χ3n) is 2.91. The van der Waals surface area contributed by atoms with Gasteiger partial charge in [-0.3, -0.25) is 4.79 Å². The van der Waals surface area contributed by atoms with Crippen LogP contribution in [0.25, 0.3) is 0 Å². The van der Waals surface area contributed by atoms with Crippen LogP contribution in [0.1, 0.15) is 16.5 Å². The van der Waals surface area contributed by atoms with Gasteiger partial charge in [0.25, 0.3) is 0 Å². The second kappa shape index (κ2) is 6.96. The number of benzene rings is 2. The predicted molar refractivity (Wildman–Crippen MR) is 79.9 cm³/mol. The van der Waals surface area contributed by atoms with Crippen LogP contribution in [0.3, 0.4) is 0 Å². The van der Waals surface area contributed by atoms with E-state index in [2.05, 4.69) is 5.32 Å². The monoisotopic (exact) mass is 289 g/mol. The summed E-state index contributed by atoms with van der Waals surface area (Å²) in [5, 5.41) is 11.9. The number of hydrogen-bond acceptors (Lipinski definition) is 2. The van der Waals surface area contributed by atoms with Crippen molar-refractivity contribution < 1.29 is 9.90 Å². The molecule has 0 radical (unpaired) electrons. The van der Waals surface area contributed by atoms with Crippen molar-refractivity contribution in [3.63, 3.8) is 0 Å². The molecule has 0 heterocycles. The molecule has 2 rings (SSSR count). The van der Waals surface area contributed by atoms with Gasteiger partial charge in [0.1, 0.15) is 5.75 Å². The van der Waals surface area contributed by atoms with Gasteiger partial charge in [0.05, 0.1) is 11.8 Å². The Hall–Kier alpha value is -2.00. The molecule has 0 spiro atoms. The Morgan fingerprint density at radius 2 is 1.90 bits per heavy atom. The minimum Gasteiger partial charge on any atom is -0.508 e. The van der Waals surface area contributed by atoms with Crippen LogP contribution in [-0.2, 0) is 11.2 Å². The van der Waals surface area contributed by atoms with Crippen molar-refractivity contribution in [1.29, 1.82) is 0 Å². The topological polar surface area (TPSA) is 49.3 Å². The maximum atomic E-state index is 11.8. The molecular weight excluding hydrogens is 274 g/mol. The lowest BCUT2D eigenvalue weighted by atomic mass is 10.1. The summed E-state index contributed by atoms with van der Waals surface area (Å²) in [6.45, 7) is 0.378. The molecule has 20 heavy (non-hydrogen) atoms. The lowest BCUT2D eigenvalue weighted by Gasteiger charge is -2.11. The van der Waals surface area contributed by atoms with Gasteiger partial charge in [0, 0.05) is 6.54 Å². The molecule has 0 fully saturated rings. The number of carbonyl (C=O) groups excluding carboxylic acids is 1. The van der Waals surface area contributed by atoms with Crippen molar-refractivity contribution in [1.82, 2.24) is 5.32 Å². The van der Waals surface area contributed by atoms with Crippen molar-refractivity contribution in [3.8, 4) is 5.75 Å². The molecule has 1 atom stereocenters. The Bertz CT molecular complexity index is 572. The SMILES string of the molecule is O=C(Cc1cccc(O)c1)NCC(Cl)c1ccccc1. The smallest absolute Gasteiger partial charge is 0.224 e. The molecule has 0 aliphatic carbocycles. The summed E-state index contributed by atoms with van der Waals surface area (Å²) >= 11 is 6.22. The average molecular weight is 290 g/mol. The van der Waals surface area contributed by atoms with E-state index in [1.807, 2.05) is 30.3 Å². The second-order valence-corrected chi connectivity index (χ2v) is 5.06. The van der Waals surface area contributed by atoms with Gasteiger partial charge < -0.3 is 10.4 Å². The number of amides is 1. The minimum absolute atomic E-state index is 0.114. The van der Waals surface area contributed by atoms with Gasteiger partial charge in [0.2, 0.25) is 5.91 Å². The Morgan fingerprint density at radius 1 is 1.15 bits per heavy atom. The molecule has 0 saturated carbocycles. The summed E-state index contributed by atoms with van der Waals surface area (Å²) < 4.78 is 0. The molecule has 0 aliphatic rings. The molecule has 2 aromatic rings. The lowest BCUT2D eigenvalue weighted by Crippen LogP contribution is -2.28. The zero-order valence-corrected chi connectivity index (χ0v) is 11.7. The molecule has 3 nitrogen and oxygen atoms in total. The van der Waals surface area contributed by atoms with E-state index in [0.29, 0.717) is 6.54 Å². The first-order valence-electron chi connectivity index (χ1n) is 6.39. The van der Waals surface area contributed by atoms with Crippen LogP contribution in [0.2, 0.25) is 0 Å². The fourth-order valence-electron chi connectivity index (χ4n) is 1.90. The van der Waals surface area contributed by atoms with E-state index in [0.717, 1.165) is 11.1 Å². The molecule has 1 amide bonds. The number of alkyl halides is 1. The van der Waals surface area contributed by atoms with E-state index in [-0.39, 0.29) is 23.5 Å². The predicted octanol–water partition coefficient (Wildman–Crippen LogP) is 3.03. The molecule has 1 unspecified atom stereocenters. The molecule has 4 heteroatoms. The van der Waals surface area contributed by atoms with Crippen molar-refractivity contribution in [2.24, 2.45) is 0 Å². The molecule has 0 bridgehead atoms. The number of hydrogen-bond donors (Lipinski definition) is 2. The number of phenolic OH excluding ortho intramolecular Hbond substituents is 1. The fraction of sp³-hybridized carbons (Fsp3) is 0.188. The average Bonchev–Trinajstić information content (AvgIpc) is 2.46. The van der Waals surface area contributed by atoms with Crippen LogP contribution < -0.4 is 5.32 Å². The zero-order valence-electron chi connectivity index (χ0n) is 10.9. The first-order chi connectivity index (χ1) is 9.65. The summed E-state index contributed by atoms with van der Waals surface area (Å²) in [6.07, 6.45) is 0.229. The number of rotatable bonds is 5. The van der Waals surface area contributed by atoms with E-state index in [1.54, 1.807) is 24.3 Å². The largest absolute Gasteiger partial charge is 0.508 e. The fourth-order valence-corrected chi connectivity index (χ4v) is 2.12. The van der Waals surface area contributed by atoms with Crippen LogP contribution in [0.4, 0.5) is 0 Å². The summed E-state index contributed by atoms with van der Waals surface area (Å²) in [4.78, 5) is 11.8. The van der Waals surface area contributed by atoms with Gasteiger partial charge in [-0.15, -0.1) is 11.6 Å². The van der Waals surface area contributed by atoms with Crippen molar-refractivity contribution in [3.05, 3.63) is 65.7 Å². The first kappa shape index (κ1) is 14.4. The van der Waals surface area contributed by atoms with Crippen molar-refractivity contribution in [2.45, 2.75) is 11.8 Å². The van der Waals surface area contributed by atoms with E-state index in [9.17, 15) is 9.90 Å². The van der Waals surface area contributed by atoms with Gasteiger partial charge in [-0.2, -0.15) is 0 Å².